The first-order valence-corrected chi connectivity index (χ1v) is 6.59. The zero-order chi connectivity index (χ0) is 14.3. The van der Waals surface area contributed by atoms with Gasteiger partial charge in [0, 0.05) is 13.2 Å². The van der Waals surface area contributed by atoms with Crippen molar-refractivity contribution in [2.45, 2.75) is 45.1 Å². The molecular formula is C13H21F2NO3. The summed E-state index contributed by atoms with van der Waals surface area (Å²) >= 11 is 0. The number of likely N-dealkylation sites (tertiary alicyclic amines) is 1. The number of hydrogen-bond acceptors (Lipinski definition) is 3. The minimum Gasteiger partial charge on any atom is -0.444 e. The lowest BCUT2D eigenvalue weighted by Gasteiger charge is -2.44. The lowest BCUT2D eigenvalue weighted by molar-refractivity contribution is -0.165. The SMILES string of the molecule is CC(C)(C)OC(=O)N1CCC2(CCOC2)C(F)(F)C1. The third-order valence-electron chi connectivity index (χ3n) is 3.78. The second kappa shape index (κ2) is 4.58. The predicted octanol–water partition coefficient (Wildman–Crippen LogP) is 2.67. The number of piperidine rings is 1. The van der Waals surface area contributed by atoms with Crippen LogP contribution in [0.2, 0.25) is 0 Å². The number of rotatable bonds is 0. The summed E-state index contributed by atoms with van der Waals surface area (Å²) in [5.74, 6) is -2.92. The summed E-state index contributed by atoms with van der Waals surface area (Å²) in [5.41, 5.74) is -1.76. The Morgan fingerprint density at radius 1 is 1.32 bits per heavy atom. The summed E-state index contributed by atoms with van der Waals surface area (Å²) in [4.78, 5) is 12.9. The van der Waals surface area contributed by atoms with Crippen molar-refractivity contribution in [2.75, 3.05) is 26.3 Å². The van der Waals surface area contributed by atoms with E-state index in [1.165, 1.54) is 0 Å². The van der Waals surface area contributed by atoms with E-state index in [2.05, 4.69) is 0 Å². The van der Waals surface area contributed by atoms with E-state index in [4.69, 9.17) is 9.47 Å². The van der Waals surface area contributed by atoms with E-state index in [1.807, 2.05) is 0 Å². The number of ether oxygens (including phenoxy) is 2. The van der Waals surface area contributed by atoms with Crippen LogP contribution < -0.4 is 0 Å². The first-order valence-electron chi connectivity index (χ1n) is 6.59. The molecule has 0 aromatic carbocycles. The van der Waals surface area contributed by atoms with Gasteiger partial charge in [0.1, 0.15) is 5.60 Å². The largest absolute Gasteiger partial charge is 0.444 e. The van der Waals surface area contributed by atoms with Gasteiger partial charge in [-0.3, -0.25) is 0 Å². The van der Waals surface area contributed by atoms with Gasteiger partial charge in [-0.1, -0.05) is 0 Å². The molecule has 110 valence electrons. The van der Waals surface area contributed by atoms with Crippen LogP contribution in [-0.2, 0) is 9.47 Å². The Labute approximate surface area is 112 Å². The Balaban J connectivity index is 2.04. The van der Waals surface area contributed by atoms with Crippen LogP contribution in [0.4, 0.5) is 13.6 Å². The molecule has 0 saturated carbocycles. The summed E-state index contributed by atoms with van der Waals surface area (Å²) in [6, 6.07) is 0. The monoisotopic (exact) mass is 277 g/mol. The first-order chi connectivity index (χ1) is 8.65. The number of halogens is 2. The normalized spacial score (nSPS) is 30.7. The second-order valence-corrected chi connectivity index (χ2v) is 6.44. The summed E-state index contributed by atoms with van der Waals surface area (Å²) in [5, 5.41) is 0. The molecule has 4 nitrogen and oxygen atoms in total. The molecule has 2 heterocycles. The fourth-order valence-corrected chi connectivity index (χ4v) is 2.59. The minimum atomic E-state index is -2.92. The Bertz CT molecular complexity index is 359. The standard InChI is InChI=1S/C13H21F2NO3/c1-11(2,3)19-10(17)16-6-4-12(5-7-18-9-12)13(14,15)8-16/h4-9H2,1-3H3. The lowest BCUT2D eigenvalue weighted by atomic mass is 9.75. The van der Waals surface area contributed by atoms with Crippen molar-refractivity contribution in [3.05, 3.63) is 0 Å². The van der Waals surface area contributed by atoms with Gasteiger partial charge in [0.15, 0.2) is 0 Å². The maximum absolute atomic E-state index is 14.3. The van der Waals surface area contributed by atoms with Gasteiger partial charge >= 0.3 is 6.09 Å². The van der Waals surface area contributed by atoms with Crippen LogP contribution >= 0.6 is 0 Å². The van der Waals surface area contributed by atoms with Gasteiger partial charge in [0.05, 0.1) is 18.6 Å². The first kappa shape index (κ1) is 14.5. The molecule has 1 spiro atoms. The van der Waals surface area contributed by atoms with Crippen LogP contribution in [0, 0.1) is 5.41 Å². The van der Waals surface area contributed by atoms with Crippen LogP contribution in [-0.4, -0.2) is 48.8 Å². The summed E-state index contributed by atoms with van der Waals surface area (Å²) in [6.45, 7) is 5.35. The highest BCUT2D eigenvalue weighted by molar-refractivity contribution is 5.68. The molecule has 0 aromatic rings. The Morgan fingerprint density at radius 2 is 2.00 bits per heavy atom. The predicted molar refractivity (Wildman–Crippen MR) is 65.2 cm³/mol. The number of hydrogen-bond donors (Lipinski definition) is 0. The van der Waals surface area contributed by atoms with Gasteiger partial charge < -0.3 is 14.4 Å². The van der Waals surface area contributed by atoms with Crippen molar-refractivity contribution in [1.82, 2.24) is 4.90 Å². The maximum Gasteiger partial charge on any atom is 0.410 e. The lowest BCUT2D eigenvalue weighted by Crippen LogP contribution is -2.58. The molecule has 0 aliphatic carbocycles. The molecule has 6 heteroatoms. The van der Waals surface area contributed by atoms with Crippen LogP contribution in [0.25, 0.3) is 0 Å². The van der Waals surface area contributed by atoms with Crippen LogP contribution in [0.15, 0.2) is 0 Å². The highest BCUT2D eigenvalue weighted by Crippen LogP contribution is 2.49. The highest BCUT2D eigenvalue weighted by Gasteiger charge is 2.59. The third kappa shape index (κ3) is 2.83. The number of amides is 1. The van der Waals surface area contributed by atoms with Crippen molar-refractivity contribution in [3.63, 3.8) is 0 Å². The van der Waals surface area contributed by atoms with Crippen LogP contribution in [0.1, 0.15) is 33.6 Å². The van der Waals surface area contributed by atoms with E-state index >= 15 is 0 Å². The zero-order valence-corrected chi connectivity index (χ0v) is 11.7. The molecule has 0 bridgehead atoms. The van der Waals surface area contributed by atoms with Crippen molar-refractivity contribution >= 4 is 6.09 Å². The molecule has 2 aliphatic heterocycles. The topological polar surface area (TPSA) is 38.8 Å². The molecular weight excluding hydrogens is 256 g/mol. The maximum atomic E-state index is 14.3. The second-order valence-electron chi connectivity index (χ2n) is 6.44. The molecule has 0 N–H and O–H groups in total. The Hall–Kier alpha value is -0.910. The fraction of sp³-hybridized carbons (Fsp3) is 0.923. The van der Waals surface area contributed by atoms with E-state index in [1.54, 1.807) is 20.8 Å². The van der Waals surface area contributed by atoms with Crippen LogP contribution in [0.5, 0.6) is 0 Å². The molecule has 2 fully saturated rings. The van der Waals surface area contributed by atoms with Crippen molar-refractivity contribution < 1.29 is 23.0 Å². The molecule has 2 saturated heterocycles. The fourth-order valence-electron chi connectivity index (χ4n) is 2.59. The highest BCUT2D eigenvalue weighted by atomic mass is 19.3. The van der Waals surface area contributed by atoms with Gasteiger partial charge in [-0.2, -0.15) is 0 Å². The number of alkyl halides is 2. The summed E-state index contributed by atoms with van der Waals surface area (Å²) in [6.07, 6.45) is -0.0394. The average Bonchev–Trinajstić information content (AvgIpc) is 2.70. The van der Waals surface area contributed by atoms with Crippen molar-refractivity contribution in [1.29, 1.82) is 0 Å². The molecule has 1 atom stereocenters. The van der Waals surface area contributed by atoms with Gasteiger partial charge in [0.25, 0.3) is 5.92 Å². The minimum absolute atomic E-state index is 0.0855. The average molecular weight is 277 g/mol. The van der Waals surface area contributed by atoms with E-state index in [9.17, 15) is 13.6 Å². The number of carbonyl (C=O) groups excluding carboxylic acids is 1. The molecule has 0 radical (unpaired) electrons. The molecule has 2 rings (SSSR count). The third-order valence-corrected chi connectivity index (χ3v) is 3.78. The smallest absolute Gasteiger partial charge is 0.410 e. The summed E-state index contributed by atoms with van der Waals surface area (Å²) < 4.78 is 38.8. The molecule has 0 aromatic heterocycles. The molecule has 1 unspecified atom stereocenters. The van der Waals surface area contributed by atoms with Crippen molar-refractivity contribution in [3.8, 4) is 0 Å². The van der Waals surface area contributed by atoms with Gasteiger partial charge in [0.2, 0.25) is 0 Å². The van der Waals surface area contributed by atoms with Gasteiger partial charge in [-0.15, -0.1) is 0 Å². The van der Waals surface area contributed by atoms with E-state index in [-0.39, 0.29) is 13.0 Å². The summed E-state index contributed by atoms with van der Waals surface area (Å²) in [7, 11) is 0. The Kier molecular flexibility index (Phi) is 3.49. The van der Waals surface area contributed by atoms with Crippen LogP contribution in [0.3, 0.4) is 0 Å². The van der Waals surface area contributed by atoms with E-state index in [0.29, 0.717) is 19.6 Å². The Morgan fingerprint density at radius 3 is 2.47 bits per heavy atom. The molecule has 2 aliphatic rings. The molecule has 1 amide bonds. The van der Waals surface area contributed by atoms with E-state index < -0.39 is 29.6 Å². The van der Waals surface area contributed by atoms with Gasteiger partial charge in [-0.05, 0) is 33.6 Å². The van der Waals surface area contributed by atoms with Crippen molar-refractivity contribution in [2.24, 2.45) is 5.41 Å². The van der Waals surface area contributed by atoms with E-state index in [0.717, 1.165) is 4.90 Å². The van der Waals surface area contributed by atoms with Gasteiger partial charge in [-0.25, -0.2) is 13.6 Å². The molecule has 19 heavy (non-hydrogen) atoms. The zero-order valence-electron chi connectivity index (χ0n) is 11.7. The number of nitrogens with zero attached hydrogens (tertiary/aromatic N) is 1. The number of carbonyl (C=O) groups is 1. The quantitative estimate of drug-likeness (QED) is 0.683.